The lowest BCUT2D eigenvalue weighted by molar-refractivity contribution is -0.159. The quantitative estimate of drug-likeness (QED) is 0.286. The molecule has 2 rings (SSSR count). The molecule has 1 heterocycles. The lowest BCUT2D eigenvalue weighted by Gasteiger charge is -2.16. The van der Waals surface area contributed by atoms with Gasteiger partial charge in [0.1, 0.15) is 5.03 Å². The van der Waals surface area contributed by atoms with Crippen LogP contribution in [-0.4, -0.2) is 51.2 Å². The number of hydrogen-bond acceptors (Lipinski definition) is 7. The van der Waals surface area contributed by atoms with Gasteiger partial charge in [0.2, 0.25) is 5.78 Å². The number of benzene rings is 1. The van der Waals surface area contributed by atoms with Crippen LogP contribution in [-0.2, 0) is 41.9 Å². The number of esters is 2. The Morgan fingerprint density at radius 3 is 2.12 bits per heavy atom. The van der Waals surface area contributed by atoms with Gasteiger partial charge in [-0.05, 0) is 30.9 Å². The van der Waals surface area contributed by atoms with Gasteiger partial charge in [0, 0.05) is 18.4 Å². The first kappa shape index (κ1) is 25.3. The summed E-state index contributed by atoms with van der Waals surface area (Å²) in [5, 5.41) is -0.0311. The lowest BCUT2D eigenvalue weighted by Crippen LogP contribution is -2.28. The summed E-state index contributed by atoms with van der Waals surface area (Å²) in [4.78, 5) is 37.6. The van der Waals surface area contributed by atoms with Crippen molar-refractivity contribution in [3.05, 3.63) is 53.2 Å². The highest BCUT2D eigenvalue weighted by atomic mass is 32.2. The second-order valence-electron chi connectivity index (χ2n) is 7.47. The fraction of sp³-hybridized carbons (Fsp3) is 0.435. The van der Waals surface area contributed by atoms with Crippen molar-refractivity contribution in [2.24, 2.45) is 5.92 Å². The van der Waals surface area contributed by atoms with Crippen LogP contribution in [0.2, 0.25) is 0 Å². The van der Waals surface area contributed by atoms with Crippen molar-refractivity contribution in [3.63, 3.8) is 0 Å². The van der Waals surface area contributed by atoms with E-state index in [1.807, 2.05) is 6.92 Å². The number of hydrogen-bond donors (Lipinski definition) is 0. The molecule has 1 aromatic heterocycles. The number of carbonyl (C=O) groups is 3. The van der Waals surface area contributed by atoms with Gasteiger partial charge in [-0.25, -0.2) is 8.42 Å². The predicted molar refractivity (Wildman–Crippen MR) is 118 cm³/mol. The van der Waals surface area contributed by atoms with E-state index in [1.54, 1.807) is 30.3 Å². The zero-order valence-electron chi connectivity index (χ0n) is 18.8. The van der Waals surface area contributed by atoms with Crippen LogP contribution in [0.1, 0.15) is 47.8 Å². The summed E-state index contributed by atoms with van der Waals surface area (Å²) in [6, 6.07) is 10.1. The largest absolute Gasteiger partial charge is 0.468 e. The molecule has 0 atom stereocenters. The molecule has 0 aliphatic heterocycles. The van der Waals surface area contributed by atoms with Crippen LogP contribution in [0.3, 0.4) is 0 Å². The zero-order valence-corrected chi connectivity index (χ0v) is 19.6. The zero-order chi connectivity index (χ0) is 23.9. The molecule has 0 unspecified atom stereocenters. The summed E-state index contributed by atoms with van der Waals surface area (Å²) < 4.78 is 35.9. The van der Waals surface area contributed by atoms with E-state index in [1.165, 1.54) is 10.6 Å². The molecule has 0 aliphatic rings. The van der Waals surface area contributed by atoms with Crippen molar-refractivity contribution in [3.8, 4) is 0 Å². The van der Waals surface area contributed by atoms with Gasteiger partial charge in [-0.1, -0.05) is 43.7 Å². The Bertz CT molecular complexity index is 1060. The van der Waals surface area contributed by atoms with Crippen LogP contribution in [0, 0.1) is 5.92 Å². The predicted octanol–water partition coefficient (Wildman–Crippen LogP) is 2.82. The molecule has 9 heteroatoms. The molecule has 0 fully saturated rings. The second kappa shape index (κ2) is 11.1. The number of carbonyl (C=O) groups excluding carboxylic acids is 3. The van der Waals surface area contributed by atoms with Crippen molar-refractivity contribution < 1.29 is 32.3 Å². The smallest absolute Gasteiger partial charge is 0.320 e. The minimum atomic E-state index is -3.70. The molecule has 8 nitrogen and oxygen atoms in total. The van der Waals surface area contributed by atoms with Crippen LogP contribution in [0.5, 0.6) is 0 Å². The van der Waals surface area contributed by atoms with E-state index < -0.39 is 27.7 Å². The number of methoxy groups -OCH3 is 2. The number of rotatable bonds is 11. The number of unbranched alkanes of at least 4 members (excludes halogenated alkanes) is 1. The normalized spacial score (nSPS) is 11.4. The highest BCUT2D eigenvalue weighted by molar-refractivity contribution is 7.90. The maximum Gasteiger partial charge on any atom is 0.320 e. The van der Waals surface area contributed by atoms with E-state index in [4.69, 9.17) is 9.47 Å². The molecule has 0 N–H and O–H groups in total. The monoisotopic (exact) mass is 463 g/mol. The fourth-order valence-electron chi connectivity index (χ4n) is 3.54. The Morgan fingerprint density at radius 1 is 1.03 bits per heavy atom. The molecular formula is C23H29NO7S. The summed E-state index contributed by atoms with van der Waals surface area (Å²) in [5.74, 6) is -3.13. The molecule has 1 aromatic carbocycles. The summed E-state index contributed by atoms with van der Waals surface area (Å²) >= 11 is 0. The van der Waals surface area contributed by atoms with Gasteiger partial charge in [0.05, 0.1) is 19.9 Å². The first-order valence-corrected chi connectivity index (χ1v) is 12.2. The lowest BCUT2D eigenvalue weighted by atomic mass is 10.0. The summed E-state index contributed by atoms with van der Waals surface area (Å²) in [7, 11) is -1.39. The average Bonchev–Trinajstić information content (AvgIpc) is 3.16. The van der Waals surface area contributed by atoms with E-state index in [0.717, 1.165) is 33.3 Å². The molecule has 0 aliphatic carbocycles. The molecule has 0 bridgehead atoms. The Kier molecular flexibility index (Phi) is 8.77. The molecule has 0 spiro atoms. The van der Waals surface area contributed by atoms with Crippen LogP contribution >= 0.6 is 0 Å². The first-order chi connectivity index (χ1) is 15.1. The molecule has 174 valence electrons. The summed E-state index contributed by atoms with van der Waals surface area (Å²) in [6.07, 6.45) is 3.15. The van der Waals surface area contributed by atoms with Crippen molar-refractivity contribution in [2.45, 2.75) is 44.2 Å². The van der Waals surface area contributed by atoms with E-state index >= 15 is 0 Å². The van der Waals surface area contributed by atoms with Crippen molar-refractivity contribution in [1.82, 2.24) is 4.57 Å². The Hall–Kier alpha value is -2.94. The SMILES string of the molecule is CCCCc1cc(S(C)(=O)=O)n(CCC(C(=O)OC)C(=O)OC)c1C(=O)c1ccccc1. The van der Waals surface area contributed by atoms with Gasteiger partial charge in [-0.2, -0.15) is 0 Å². The maximum atomic E-state index is 13.4. The van der Waals surface area contributed by atoms with E-state index in [9.17, 15) is 22.8 Å². The summed E-state index contributed by atoms with van der Waals surface area (Å²) in [6.45, 7) is 1.95. The van der Waals surface area contributed by atoms with Crippen molar-refractivity contribution >= 4 is 27.6 Å². The number of nitrogens with zero attached hydrogens (tertiary/aromatic N) is 1. The topological polar surface area (TPSA) is 109 Å². The molecule has 0 radical (unpaired) electrons. The third-order valence-corrected chi connectivity index (χ3v) is 6.28. The minimum absolute atomic E-state index is 0.0311. The van der Waals surface area contributed by atoms with Gasteiger partial charge in [0.25, 0.3) is 0 Å². The third kappa shape index (κ3) is 5.85. The summed E-state index contributed by atoms with van der Waals surface area (Å²) in [5.41, 5.74) is 1.29. The number of ether oxygens (including phenoxy) is 2. The van der Waals surface area contributed by atoms with Gasteiger partial charge in [-0.3, -0.25) is 14.4 Å². The number of sulfone groups is 1. The number of aryl methyl sites for hydroxylation is 1. The van der Waals surface area contributed by atoms with Crippen LogP contribution in [0.25, 0.3) is 0 Å². The molecule has 0 saturated heterocycles. The number of aromatic nitrogens is 1. The maximum absolute atomic E-state index is 13.4. The first-order valence-electron chi connectivity index (χ1n) is 10.3. The highest BCUT2D eigenvalue weighted by Gasteiger charge is 2.31. The molecule has 32 heavy (non-hydrogen) atoms. The second-order valence-corrected chi connectivity index (χ2v) is 9.43. The van der Waals surface area contributed by atoms with Crippen molar-refractivity contribution in [2.75, 3.05) is 20.5 Å². The van der Waals surface area contributed by atoms with Gasteiger partial charge in [0.15, 0.2) is 15.8 Å². The van der Waals surface area contributed by atoms with Crippen LogP contribution in [0.15, 0.2) is 41.4 Å². The van der Waals surface area contributed by atoms with Crippen LogP contribution in [0.4, 0.5) is 0 Å². The van der Waals surface area contributed by atoms with Gasteiger partial charge < -0.3 is 14.0 Å². The highest BCUT2D eigenvalue weighted by Crippen LogP contribution is 2.26. The van der Waals surface area contributed by atoms with E-state index in [0.29, 0.717) is 17.5 Å². The fourth-order valence-corrected chi connectivity index (χ4v) is 4.47. The Labute approximate surface area is 188 Å². The van der Waals surface area contributed by atoms with Crippen molar-refractivity contribution in [1.29, 1.82) is 0 Å². The molecule has 2 aromatic rings. The van der Waals surface area contributed by atoms with Crippen LogP contribution < -0.4 is 0 Å². The number of ketones is 1. The van der Waals surface area contributed by atoms with Gasteiger partial charge >= 0.3 is 11.9 Å². The molecule has 0 amide bonds. The minimum Gasteiger partial charge on any atom is -0.468 e. The Morgan fingerprint density at radius 2 is 1.62 bits per heavy atom. The third-order valence-electron chi connectivity index (χ3n) is 5.18. The van der Waals surface area contributed by atoms with E-state index in [-0.39, 0.29) is 29.5 Å². The van der Waals surface area contributed by atoms with Gasteiger partial charge in [-0.15, -0.1) is 0 Å². The molecular weight excluding hydrogens is 434 g/mol. The molecule has 0 saturated carbocycles. The Balaban J connectivity index is 2.61. The standard InChI is InChI=1S/C23H29NO7S/c1-5-6-10-17-15-19(32(4,28)29)24(14-13-18(22(26)30-2)23(27)31-3)20(17)21(25)16-11-8-7-9-12-16/h7-9,11-12,15,18H,5-6,10,13-14H2,1-4H3. The van der Waals surface area contributed by atoms with E-state index in [2.05, 4.69) is 0 Å². The average molecular weight is 464 g/mol.